The van der Waals surface area contributed by atoms with Crippen LogP contribution >= 0.6 is 0 Å². The summed E-state index contributed by atoms with van der Waals surface area (Å²) in [7, 11) is -2.69. The van der Waals surface area contributed by atoms with Crippen molar-refractivity contribution in [2.45, 2.75) is 11.1 Å². The van der Waals surface area contributed by atoms with Crippen molar-refractivity contribution < 1.29 is 31.1 Å². The average molecular weight is 603 g/mol. The van der Waals surface area contributed by atoms with Gasteiger partial charge in [-0.1, -0.05) is 48.5 Å². The Hall–Kier alpha value is -5.07. The second-order valence-corrected chi connectivity index (χ2v) is 11.2. The lowest BCUT2D eigenvalue weighted by molar-refractivity contribution is -0.141. The Balaban J connectivity index is 1.49. The summed E-state index contributed by atoms with van der Waals surface area (Å²) in [6.45, 7) is 0. The number of primary sulfonamides is 1. The molecule has 0 saturated carbocycles. The number of alkyl halides is 3. The number of hydrogen-bond donors (Lipinski definition) is 1. The van der Waals surface area contributed by atoms with E-state index in [1.54, 1.807) is 36.4 Å². The molecule has 0 atom stereocenters. The zero-order chi connectivity index (χ0) is 30.5. The van der Waals surface area contributed by atoms with E-state index in [9.17, 15) is 26.4 Å². The molecule has 0 radical (unpaired) electrons. The summed E-state index contributed by atoms with van der Waals surface area (Å²) in [5, 5.41) is 11.4. The molecule has 6 aromatic rings. The van der Waals surface area contributed by atoms with Crippen LogP contribution in [0.25, 0.3) is 49.9 Å². The number of ether oxygens (including phenoxy) is 1. The molecule has 6 rings (SSSR count). The maximum atomic E-state index is 13.7. The third-order valence-electron chi connectivity index (χ3n) is 6.99. The molecule has 0 spiro atoms. The minimum absolute atomic E-state index is 0.131. The first-order chi connectivity index (χ1) is 20.4. The Morgan fingerprint density at radius 3 is 2.16 bits per heavy atom. The third-order valence-corrected chi connectivity index (χ3v) is 7.92. The van der Waals surface area contributed by atoms with Crippen LogP contribution in [-0.4, -0.2) is 36.3 Å². The summed E-state index contributed by atoms with van der Waals surface area (Å²) >= 11 is 0. The number of carbonyl (C=O) groups is 1. The molecule has 0 unspecified atom stereocenters. The Labute approximate surface area is 243 Å². The molecule has 4 aromatic carbocycles. The topological polar surface area (TPSA) is 117 Å². The second-order valence-electron chi connectivity index (χ2n) is 9.67. The van der Waals surface area contributed by atoms with Crippen molar-refractivity contribution in [3.05, 3.63) is 108 Å². The molecule has 2 N–H and O–H groups in total. The number of pyridine rings is 1. The molecule has 0 aliphatic heterocycles. The fraction of sp³-hybridized carbons (Fsp3) is 0.0645. The molecule has 0 amide bonds. The van der Waals surface area contributed by atoms with E-state index in [4.69, 9.17) is 14.9 Å². The molecular weight excluding hydrogens is 581 g/mol. The van der Waals surface area contributed by atoms with E-state index in [1.165, 1.54) is 31.4 Å². The summed E-state index contributed by atoms with van der Waals surface area (Å²) in [4.78, 5) is 17.0. The number of fused-ring (bicyclic) bond motifs is 3. The van der Waals surface area contributed by atoms with E-state index in [1.807, 2.05) is 30.3 Å². The van der Waals surface area contributed by atoms with Crippen LogP contribution < -0.4 is 5.14 Å². The molecule has 2 aromatic heterocycles. The molecule has 43 heavy (non-hydrogen) atoms. The van der Waals surface area contributed by atoms with Crippen molar-refractivity contribution in [1.82, 2.24) is 14.8 Å². The first kappa shape index (κ1) is 28.1. The molecule has 2 heterocycles. The van der Waals surface area contributed by atoms with E-state index < -0.39 is 27.9 Å². The highest BCUT2D eigenvalue weighted by atomic mass is 32.2. The van der Waals surface area contributed by atoms with Crippen molar-refractivity contribution in [3.8, 4) is 28.2 Å². The van der Waals surface area contributed by atoms with Crippen molar-refractivity contribution in [2.24, 2.45) is 5.14 Å². The molecule has 12 heteroatoms. The Morgan fingerprint density at radius 1 is 0.837 bits per heavy atom. The first-order valence-corrected chi connectivity index (χ1v) is 14.3. The fourth-order valence-corrected chi connectivity index (χ4v) is 5.43. The monoisotopic (exact) mass is 602 g/mol. The van der Waals surface area contributed by atoms with E-state index in [2.05, 4.69) is 5.10 Å². The molecular formula is C31H21F3N4O4S. The highest BCUT2D eigenvalue weighted by Crippen LogP contribution is 2.36. The van der Waals surface area contributed by atoms with Gasteiger partial charge in [0.25, 0.3) is 0 Å². The minimum atomic E-state index is -4.72. The van der Waals surface area contributed by atoms with Gasteiger partial charge in [-0.2, -0.15) is 18.3 Å². The van der Waals surface area contributed by atoms with Gasteiger partial charge in [0, 0.05) is 21.9 Å². The summed E-state index contributed by atoms with van der Waals surface area (Å²) in [5.41, 5.74) is 1.97. The molecule has 0 bridgehead atoms. The maximum Gasteiger partial charge on any atom is 0.435 e. The smallest absolute Gasteiger partial charge is 0.435 e. The Morgan fingerprint density at radius 2 is 1.51 bits per heavy atom. The normalized spacial score (nSPS) is 12.1. The van der Waals surface area contributed by atoms with Crippen LogP contribution in [0.1, 0.15) is 16.1 Å². The Kier molecular flexibility index (Phi) is 6.74. The van der Waals surface area contributed by atoms with Gasteiger partial charge in [0.05, 0.1) is 40.2 Å². The molecule has 0 aliphatic carbocycles. The number of benzene rings is 4. The highest BCUT2D eigenvalue weighted by Gasteiger charge is 2.35. The van der Waals surface area contributed by atoms with Gasteiger partial charge in [-0.25, -0.2) is 28.0 Å². The number of aromatic nitrogens is 3. The SMILES string of the molecule is COC(=O)c1ccc2c(c1)c(-c1ccc(-c3cc(C(F)(F)F)nn3-c3ccc(S(N)(=O)=O)cc3)cc1)nc1ccccc12. The quantitative estimate of drug-likeness (QED) is 0.181. The van der Waals surface area contributed by atoms with Crippen LogP contribution in [0.3, 0.4) is 0 Å². The molecule has 8 nitrogen and oxygen atoms in total. The van der Waals surface area contributed by atoms with E-state index >= 15 is 0 Å². The molecule has 0 saturated heterocycles. The zero-order valence-electron chi connectivity index (χ0n) is 22.3. The van der Waals surface area contributed by atoms with E-state index in [-0.39, 0.29) is 16.3 Å². The van der Waals surface area contributed by atoms with Crippen LogP contribution in [0.5, 0.6) is 0 Å². The lowest BCUT2D eigenvalue weighted by Crippen LogP contribution is -2.12. The number of carbonyl (C=O) groups excluding carboxylic acids is 1. The minimum Gasteiger partial charge on any atom is -0.465 e. The summed E-state index contributed by atoms with van der Waals surface area (Å²) in [6.07, 6.45) is -4.72. The largest absolute Gasteiger partial charge is 0.465 e. The van der Waals surface area contributed by atoms with E-state index in [0.29, 0.717) is 27.8 Å². The van der Waals surface area contributed by atoms with Crippen LogP contribution in [0, 0.1) is 0 Å². The van der Waals surface area contributed by atoms with Crippen molar-refractivity contribution in [2.75, 3.05) is 7.11 Å². The number of rotatable bonds is 5. The number of nitrogens with two attached hydrogens (primary N) is 1. The van der Waals surface area contributed by atoms with Gasteiger partial charge in [0.15, 0.2) is 5.69 Å². The first-order valence-electron chi connectivity index (χ1n) is 12.8. The van der Waals surface area contributed by atoms with Gasteiger partial charge in [-0.3, -0.25) is 0 Å². The van der Waals surface area contributed by atoms with Crippen molar-refractivity contribution in [3.63, 3.8) is 0 Å². The molecule has 0 aliphatic rings. The lowest BCUT2D eigenvalue weighted by atomic mass is 9.97. The van der Waals surface area contributed by atoms with Gasteiger partial charge < -0.3 is 4.74 Å². The predicted octanol–water partition coefficient (Wildman–Crippen LogP) is 6.36. The summed E-state index contributed by atoms with van der Waals surface area (Å²) in [6, 6.07) is 25.5. The van der Waals surface area contributed by atoms with Gasteiger partial charge in [-0.15, -0.1) is 0 Å². The standard InChI is InChI=1S/C31H21F3N4O4S/c1-42-30(39)20-10-15-23-24-4-2-3-5-26(24)36-29(25(23)16-20)19-8-6-18(7-9-19)27-17-28(31(32,33)34)37-38(27)21-11-13-22(14-12-21)43(35,40)41/h2-17H,1H3,(H2,35,40,41). The molecule has 0 fully saturated rings. The molecule has 216 valence electrons. The summed E-state index contributed by atoms with van der Waals surface area (Å²) in [5.74, 6) is -0.498. The number of methoxy groups -OCH3 is 1. The van der Waals surface area contributed by atoms with Gasteiger partial charge in [0.2, 0.25) is 10.0 Å². The second kappa shape index (κ2) is 10.3. The van der Waals surface area contributed by atoms with Crippen LogP contribution in [0.2, 0.25) is 0 Å². The average Bonchev–Trinajstić information content (AvgIpc) is 3.46. The van der Waals surface area contributed by atoms with Gasteiger partial charge in [-0.05, 0) is 53.9 Å². The maximum absolute atomic E-state index is 13.7. The van der Waals surface area contributed by atoms with Crippen molar-refractivity contribution in [1.29, 1.82) is 0 Å². The van der Waals surface area contributed by atoms with Crippen LogP contribution in [-0.2, 0) is 20.9 Å². The number of hydrogen-bond acceptors (Lipinski definition) is 6. The number of halogens is 3. The zero-order valence-corrected chi connectivity index (χ0v) is 23.1. The van der Waals surface area contributed by atoms with Gasteiger partial charge >= 0.3 is 12.1 Å². The number of para-hydroxylation sites is 1. The fourth-order valence-electron chi connectivity index (χ4n) is 4.92. The predicted molar refractivity (Wildman–Crippen MR) is 155 cm³/mol. The lowest BCUT2D eigenvalue weighted by Gasteiger charge is -2.12. The van der Waals surface area contributed by atoms with Crippen LogP contribution in [0.15, 0.2) is 102 Å². The third kappa shape index (κ3) is 5.22. The van der Waals surface area contributed by atoms with Crippen molar-refractivity contribution >= 4 is 37.7 Å². The number of nitrogens with zero attached hydrogens (tertiary/aromatic N) is 3. The number of sulfonamides is 1. The van der Waals surface area contributed by atoms with Gasteiger partial charge in [0.1, 0.15) is 0 Å². The summed E-state index contributed by atoms with van der Waals surface area (Å²) < 4.78 is 70.4. The Bertz CT molecular complexity index is 2140. The van der Waals surface area contributed by atoms with E-state index in [0.717, 1.165) is 27.0 Å². The number of esters is 1. The van der Waals surface area contributed by atoms with Crippen LogP contribution in [0.4, 0.5) is 13.2 Å². The highest BCUT2D eigenvalue weighted by molar-refractivity contribution is 7.89.